The van der Waals surface area contributed by atoms with Crippen LogP contribution >= 0.6 is 7.82 Å². The van der Waals surface area contributed by atoms with Gasteiger partial charge in [0.1, 0.15) is 12.4 Å². The average Bonchev–Trinajstić information content (AvgIpc) is 3.02. The molecule has 154 valence electrons. The van der Waals surface area contributed by atoms with Crippen molar-refractivity contribution in [2.24, 2.45) is 5.73 Å². The first-order valence-corrected chi connectivity index (χ1v) is 11.1. The number of benzene rings is 1. The number of unbranched alkanes of at least 4 members (excludes halogenated alkanes) is 2. The first kappa shape index (κ1) is 22.3. The summed E-state index contributed by atoms with van der Waals surface area (Å²) in [6, 6.07) is 7.93. The number of ether oxygens (including phenoxy) is 2. The van der Waals surface area contributed by atoms with Gasteiger partial charge in [0.25, 0.3) is 0 Å². The molecule has 1 saturated carbocycles. The van der Waals surface area contributed by atoms with Crippen LogP contribution in [0.25, 0.3) is 0 Å². The number of hydrogen-bond acceptors (Lipinski definition) is 5. The van der Waals surface area contributed by atoms with E-state index in [0.717, 1.165) is 30.8 Å². The molecule has 1 fully saturated rings. The molecule has 0 aromatic heterocycles. The molecular formula is C19H32NO6P. The number of phosphoric ester groups is 1. The molecule has 4 N–H and O–H groups in total. The highest BCUT2D eigenvalue weighted by Gasteiger charge is 2.38. The summed E-state index contributed by atoms with van der Waals surface area (Å²) < 4.78 is 26.7. The molecule has 0 spiro atoms. The lowest BCUT2D eigenvalue weighted by Crippen LogP contribution is -2.41. The minimum Gasteiger partial charge on any atom is -0.491 e. The van der Waals surface area contributed by atoms with E-state index in [0.29, 0.717) is 26.1 Å². The van der Waals surface area contributed by atoms with Crippen molar-refractivity contribution in [3.8, 4) is 5.75 Å². The average molecular weight is 401 g/mol. The maximum absolute atomic E-state index is 10.9. The lowest BCUT2D eigenvalue weighted by molar-refractivity contribution is 0.0973. The fraction of sp³-hybridized carbons (Fsp3) is 0.684. The molecule has 0 saturated heterocycles. The van der Waals surface area contributed by atoms with Crippen molar-refractivity contribution in [2.75, 3.05) is 26.4 Å². The summed E-state index contributed by atoms with van der Waals surface area (Å²) in [7, 11) is -4.49. The first-order valence-electron chi connectivity index (χ1n) is 9.61. The Hall–Kier alpha value is -0.950. The summed E-state index contributed by atoms with van der Waals surface area (Å²) in [5.41, 5.74) is 6.70. The third-order valence-corrected chi connectivity index (χ3v) is 5.37. The molecule has 0 bridgehead atoms. The van der Waals surface area contributed by atoms with E-state index in [9.17, 15) is 4.57 Å². The van der Waals surface area contributed by atoms with Crippen LogP contribution < -0.4 is 10.5 Å². The van der Waals surface area contributed by atoms with Gasteiger partial charge in [-0.3, -0.25) is 4.52 Å². The number of nitrogens with two attached hydrogens (primary N) is 1. The van der Waals surface area contributed by atoms with Crippen molar-refractivity contribution >= 4 is 7.82 Å². The van der Waals surface area contributed by atoms with Gasteiger partial charge < -0.3 is 25.0 Å². The molecular weight excluding hydrogens is 369 g/mol. The Bertz CT molecular complexity index is 605. The minimum absolute atomic E-state index is 0.132. The predicted octanol–water partition coefficient (Wildman–Crippen LogP) is 3.35. The second-order valence-corrected chi connectivity index (χ2v) is 8.54. The van der Waals surface area contributed by atoms with Crippen LogP contribution in [0.5, 0.6) is 5.75 Å². The summed E-state index contributed by atoms with van der Waals surface area (Å²) >= 11 is 0. The largest absolute Gasteiger partial charge is 0.491 e. The third-order valence-electron chi connectivity index (χ3n) is 4.90. The zero-order valence-corrected chi connectivity index (χ0v) is 16.9. The number of phosphoric acid groups is 1. The predicted molar refractivity (Wildman–Crippen MR) is 104 cm³/mol. The second kappa shape index (κ2) is 10.6. The Morgan fingerprint density at radius 2 is 1.93 bits per heavy atom. The Kier molecular flexibility index (Phi) is 8.73. The van der Waals surface area contributed by atoms with Gasteiger partial charge in [-0.15, -0.1) is 0 Å². The van der Waals surface area contributed by atoms with Crippen LogP contribution in [-0.4, -0.2) is 41.8 Å². The van der Waals surface area contributed by atoms with Gasteiger partial charge in [0.15, 0.2) is 0 Å². The lowest BCUT2D eigenvalue weighted by atomic mass is 9.94. The molecule has 0 unspecified atom stereocenters. The molecule has 27 heavy (non-hydrogen) atoms. The van der Waals surface area contributed by atoms with Crippen molar-refractivity contribution in [3.63, 3.8) is 0 Å². The minimum atomic E-state index is -4.49. The summed E-state index contributed by atoms with van der Waals surface area (Å²) in [4.78, 5) is 17.7. The molecule has 8 heteroatoms. The van der Waals surface area contributed by atoms with E-state index in [1.807, 2.05) is 24.3 Å². The molecule has 0 heterocycles. The van der Waals surface area contributed by atoms with Crippen LogP contribution in [0.1, 0.15) is 56.9 Å². The monoisotopic (exact) mass is 401 g/mol. The Labute approximate surface area is 161 Å². The summed E-state index contributed by atoms with van der Waals surface area (Å²) in [5, 5.41) is 0. The quantitative estimate of drug-likeness (QED) is 0.364. The first-order chi connectivity index (χ1) is 12.8. The fourth-order valence-corrected chi connectivity index (χ4v) is 3.82. The van der Waals surface area contributed by atoms with Crippen LogP contribution in [-0.2, 0) is 13.8 Å². The smallest absolute Gasteiger partial charge is 0.469 e. The fourth-order valence-electron chi connectivity index (χ4n) is 3.40. The van der Waals surface area contributed by atoms with Gasteiger partial charge in [-0.2, -0.15) is 0 Å². The normalized spacial score (nSPS) is 22.9. The number of rotatable bonds is 12. The van der Waals surface area contributed by atoms with E-state index in [4.69, 9.17) is 25.0 Å². The maximum Gasteiger partial charge on any atom is 0.469 e. The lowest BCUT2D eigenvalue weighted by Gasteiger charge is -2.24. The Morgan fingerprint density at radius 3 is 2.59 bits per heavy atom. The van der Waals surface area contributed by atoms with E-state index in [1.54, 1.807) is 0 Å². The zero-order valence-electron chi connectivity index (χ0n) is 16.0. The Morgan fingerprint density at radius 1 is 1.19 bits per heavy atom. The SMILES string of the molecule is CCCCCOCCOc1ccc([C@@H]2CC[C@@](N)(COP(=O)(O)O)C2)cc1. The molecule has 2 atom stereocenters. The topological polar surface area (TPSA) is 111 Å². The zero-order chi connectivity index (χ0) is 19.8. The van der Waals surface area contributed by atoms with Crippen LogP contribution in [0.2, 0.25) is 0 Å². The summed E-state index contributed by atoms with van der Waals surface area (Å²) in [6.07, 6.45) is 5.65. The molecule has 2 rings (SSSR count). The molecule has 1 aromatic rings. The van der Waals surface area contributed by atoms with Gasteiger partial charge in [-0.05, 0) is 49.3 Å². The van der Waals surface area contributed by atoms with Gasteiger partial charge in [0.05, 0.1) is 13.2 Å². The highest BCUT2D eigenvalue weighted by molar-refractivity contribution is 7.46. The van der Waals surface area contributed by atoms with E-state index in [1.165, 1.54) is 12.8 Å². The van der Waals surface area contributed by atoms with Crippen LogP contribution in [0, 0.1) is 0 Å². The Balaban J connectivity index is 1.73. The van der Waals surface area contributed by atoms with Crippen LogP contribution in [0.3, 0.4) is 0 Å². The highest BCUT2D eigenvalue weighted by atomic mass is 31.2. The standard InChI is InChI=1S/C19H32NO6P/c1-2-3-4-11-24-12-13-25-18-7-5-16(6-8-18)17-9-10-19(20,14-17)15-26-27(21,22)23/h5-8,17H,2-4,9-15,20H2,1H3,(H2,21,22,23)/t17-,19+/m1/s1. The molecule has 1 aromatic carbocycles. The summed E-state index contributed by atoms with van der Waals surface area (Å²) in [5.74, 6) is 1.06. The van der Waals surface area contributed by atoms with Gasteiger partial charge >= 0.3 is 7.82 Å². The van der Waals surface area contributed by atoms with Crippen molar-refractivity contribution in [2.45, 2.75) is 56.9 Å². The van der Waals surface area contributed by atoms with Crippen LogP contribution in [0.15, 0.2) is 24.3 Å². The molecule has 1 aliphatic rings. The summed E-state index contributed by atoms with van der Waals surface area (Å²) in [6.45, 7) is 3.93. The van der Waals surface area contributed by atoms with Crippen molar-refractivity contribution in [1.82, 2.24) is 0 Å². The third kappa shape index (κ3) is 8.30. The van der Waals surface area contributed by atoms with Crippen LogP contribution in [0.4, 0.5) is 0 Å². The van der Waals surface area contributed by atoms with E-state index in [-0.39, 0.29) is 12.5 Å². The molecule has 1 aliphatic carbocycles. The van der Waals surface area contributed by atoms with E-state index >= 15 is 0 Å². The van der Waals surface area contributed by atoms with E-state index in [2.05, 4.69) is 11.4 Å². The van der Waals surface area contributed by atoms with Gasteiger partial charge in [-0.25, -0.2) is 4.57 Å². The molecule has 0 amide bonds. The highest BCUT2D eigenvalue weighted by Crippen LogP contribution is 2.43. The van der Waals surface area contributed by atoms with Gasteiger partial charge in [0, 0.05) is 12.1 Å². The van der Waals surface area contributed by atoms with E-state index < -0.39 is 13.4 Å². The molecule has 7 nitrogen and oxygen atoms in total. The second-order valence-electron chi connectivity index (χ2n) is 7.30. The van der Waals surface area contributed by atoms with Crippen molar-refractivity contribution < 1.29 is 28.3 Å². The van der Waals surface area contributed by atoms with Gasteiger partial charge in [0.2, 0.25) is 0 Å². The molecule has 0 aliphatic heterocycles. The number of hydrogen-bond donors (Lipinski definition) is 3. The van der Waals surface area contributed by atoms with Gasteiger partial charge in [-0.1, -0.05) is 31.9 Å². The van der Waals surface area contributed by atoms with Crippen molar-refractivity contribution in [1.29, 1.82) is 0 Å². The maximum atomic E-state index is 10.9. The molecule has 0 radical (unpaired) electrons. The van der Waals surface area contributed by atoms with Crippen molar-refractivity contribution in [3.05, 3.63) is 29.8 Å².